The number of aliphatic hydroxyl groups excluding tert-OH is 2. The molecule has 0 aromatic carbocycles. The van der Waals surface area contributed by atoms with Crippen LogP contribution in [0.1, 0.15) is 65.2 Å². The van der Waals surface area contributed by atoms with E-state index >= 15 is 0 Å². The molecule has 0 amide bonds. The number of rotatable bonds is 8. The first-order chi connectivity index (χ1) is 8.59. The Labute approximate surface area is 117 Å². The Morgan fingerprint density at radius 1 is 1.06 bits per heavy atom. The fraction of sp³-hybridized carbons (Fsp3) is 1.00. The molecule has 1 rings (SSSR count). The zero-order valence-electron chi connectivity index (χ0n) is 12.0. The van der Waals surface area contributed by atoms with Crippen molar-refractivity contribution in [3.63, 3.8) is 0 Å². The predicted octanol–water partition coefficient (Wildman–Crippen LogP) is 3.60. The van der Waals surface area contributed by atoms with Gasteiger partial charge < -0.3 is 10.2 Å². The van der Waals surface area contributed by atoms with Gasteiger partial charge in [0.25, 0.3) is 0 Å². The molecule has 0 spiro atoms. The molecule has 1 saturated carbocycles. The minimum atomic E-state index is -0.552. The van der Waals surface area contributed by atoms with Gasteiger partial charge in [0.05, 0.1) is 12.2 Å². The smallest absolute Gasteiger partial charge is 0.0889 e. The number of hydrogen-bond acceptors (Lipinski definition) is 3. The monoisotopic (exact) mass is 274 g/mol. The van der Waals surface area contributed by atoms with Crippen molar-refractivity contribution in [1.82, 2.24) is 0 Å². The third-order valence-corrected chi connectivity index (χ3v) is 5.08. The molecule has 0 heterocycles. The Kier molecular flexibility index (Phi) is 8.36. The van der Waals surface area contributed by atoms with Crippen LogP contribution in [-0.4, -0.2) is 33.4 Å². The lowest BCUT2D eigenvalue weighted by Gasteiger charge is -2.23. The van der Waals surface area contributed by atoms with E-state index in [1.807, 2.05) is 0 Å². The molecular weight excluding hydrogens is 244 g/mol. The maximum absolute atomic E-state index is 9.90. The zero-order valence-corrected chi connectivity index (χ0v) is 12.8. The Balaban J connectivity index is 2.06. The molecule has 1 fully saturated rings. The Morgan fingerprint density at radius 2 is 1.72 bits per heavy atom. The van der Waals surface area contributed by atoms with E-state index in [-0.39, 0.29) is 0 Å². The number of hydrogen-bond donors (Lipinski definition) is 2. The second-order valence-corrected chi connectivity index (χ2v) is 7.56. The SMILES string of the molecule is CC(C)SC[C@H](O)[C@H](O)CCCC1CCCCC1. The third-order valence-electron chi connectivity index (χ3n) is 3.88. The lowest BCUT2D eigenvalue weighted by atomic mass is 9.85. The van der Waals surface area contributed by atoms with Crippen molar-refractivity contribution in [2.45, 2.75) is 82.7 Å². The van der Waals surface area contributed by atoms with Crippen LogP contribution in [0.2, 0.25) is 0 Å². The van der Waals surface area contributed by atoms with Gasteiger partial charge in [-0.15, -0.1) is 0 Å². The third kappa shape index (κ3) is 7.01. The van der Waals surface area contributed by atoms with Gasteiger partial charge in [-0.3, -0.25) is 0 Å². The number of aliphatic hydroxyl groups is 2. The maximum Gasteiger partial charge on any atom is 0.0889 e. The molecule has 3 heteroatoms. The summed E-state index contributed by atoms with van der Waals surface area (Å²) in [6, 6.07) is 0. The number of thioether (sulfide) groups is 1. The van der Waals surface area contributed by atoms with Crippen molar-refractivity contribution in [2.24, 2.45) is 5.92 Å². The van der Waals surface area contributed by atoms with E-state index in [1.54, 1.807) is 11.8 Å². The van der Waals surface area contributed by atoms with E-state index in [2.05, 4.69) is 13.8 Å². The first-order valence-corrected chi connectivity index (χ1v) is 8.62. The molecule has 1 aliphatic carbocycles. The zero-order chi connectivity index (χ0) is 13.4. The van der Waals surface area contributed by atoms with Crippen molar-refractivity contribution in [2.75, 3.05) is 5.75 Å². The lowest BCUT2D eigenvalue weighted by Crippen LogP contribution is -2.28. The van der Waals surface area contributed by atoms with Crippen LogP contribution in [0.15, 0.2) is 0 Å². The second-order valence-electron chi connectivity index (χ2n) is 5.95. The summed E-state index contributed by atoms with van der Waals surface area (Å²) in [5, 5.41) is 20.3. The average Bonchev–Trinajstić information content (AvgIpc) is 2.37. The van der Waals surface area contributed by atoms with Crippen LogP contribution in [0.4, 0.5) is 0 Å². The molecule has 0 unspecified atom stereocenters. The van der Waals surface area contributed by atoms with E-state index in [0.717, 1.165) is 18.8 Å². The molecule has 0 aliphatic heterocycles. The summed E-state index contributed by atoms with van der Waals surface area (Å²) in [6.45, 7) is 4.24. The van der Waals surface area contributed by atoms with Gasteiger partial charge >= 0.3 is 0 Å². The van der Waals surface area contributed by atoms with Gasteiger partial charge in [-0.05, 0) is 17.6 Å². The molecule has 1 aliphatic rings. The predicted molar refractivity (Wildman–Crippen MR) is 80.0 cm³/mol. The van der Waals surface area contributed by atoms with Gasteiger partial charge in [0.2, 0.25) is 0 Å². The Bertz CT molecular complexity index is 203. The van der Waals surface area contributed by atoms with Crippen LogP contribution < -0.4 is 0 Å². The van der Waals surface area contributed by atoms with E-state index in [0.29, 0.717) is 11.0 Å². The summed E-state index contributed by atoms with van der Waals surface area (Å²) >= 11 is 1.72. The Morgan fingerprint density at radius 3 is 2.33 bits per heavy atom. The van der Waals surface area contributed by atoms with Crippen molar-refractivity contribution in [3.8, 4) is 0 Å². The molecule has 2 atom stereocenters. The minimum absolute atomic E-state index is 0.522. The van der Waals surface area contributed by atoms with Crippen molar-refractivity contribution >= 4 is 11.8 Å². The fourth-order valence-corrected chi connectivity index (χ4v) is 3.49. The molecular formula is C15H30O2S. The molecule has 2 nitrogen and oxygen atoms in total. The average molecular weight is 274 g/mol. The molecule has 108 valence electrons. The van der Waals surface area contributed by atoms with Crippen LogP contribution in [0, 0.1) is 5.92 Å². The quantitative estimate of drug-likeness (QED) is 0.710. The van der Waals surface area contributed by atoms with E-state index < -0.39 is 12.2 Å². The summed E-state index contributed by atoms with van der Waals surface area (Å²) in [4.78, 5) is 0. The van der Waals surface area contributed by atoms with Crippen LogP contribution in [0.25, 0.3) is 0 Å². The summed E-state index contributed by atoms with van der Waals surface area (Å²) in [7, 11) is 0. The van der Waals surface area contributed by atoms with Crippen LogP contribution in [0.5, 0.6) is 0 Å². The topological polar surface area (TPSA) is 40.5 Å². The molecule has 0 aromatic heterocycles. The van der Waals surface area contributed by atoms with Crippen molar-refractivity contribution < 1.29 is 10.2 Å². The highest BCUT2D eigenvalue weighted by Gasteiger charge is 2.18. The van der Waals surface area contributed by atoms with Gasteiger partial charge in [0, 0.05) is 5.75 Å². The van der Waals surface area contributed by atoms with Gasteiger partial charge in [-0.2, -0.15) is 11.8 Å². The van der Waals surface area contributed by atoms with Gasteiger partial charge in [-0.1, -0.05) is 58.8 Å². The normalized spacial score (nSPS) is 21.2. The molecule has 0 bridgehead atoms. The van der Waals surface area contributed by atoms with Gasteiger partial charge in [0.15, 0.2) is 0 Å². The van der Waals surface area contributed by atoms with Gasteiger partial charge in [-0.25, -0.2) is 0 Å². The summed E-state index contributed by atoms with van der Waals surface area (Å²) < 4.78 is 0. The van der Waals surface area contributed by atoms with E-state index in [4.69, 9.17) is 0 Å². The van der Waals surface area contributed by atoms with Crippen LogP contribution in [0.3, 0.4) is 0 Å². The Hall–Kier alpha value is 0.270. The van der Waals surface area contributed by atoms with Crippen molar-refractivity contribution in [1.29, 1.82) is 0 Å². The van der Waals surface area contributed by atoms with Gasteiger partial charge in [0.1, 0.15) is 0 Å². The minimum Gasteiger partial charge on any atom is -0.390 e. The summed E-state index contributed by atoms with van der Waals surface area (Å²) in [5.41, 5.74) is 0. The highest BCUT2D eigenvalue weighted by molar-refractivity contribution is 7.99. The highest BCUT2D eigenvalue weighted by Crippen LogP contribution is 2.28. The van der Waals surface area contributed by atoms with E-state index in [9.17, 15) is 10.2 Å². The van der Waals surface area contributed by atoms with Crippen LogP contribution >= 0.6 is 11.8 Å². The molecule has 0 radical (unpaired) electrons. The largest absolute Gasteiger partial charge is 0.390 e. The first kappa shape index (κ1) is 16.3. The second kappa shape index (κ2) is 9.22. The first-order valence-electron chi connectivity index (χ1n) is 7.57. The summed E-state index contributed by atoms with van der Waals surface area (Å²) in [5.74, 6) is 1.54. The highest BCUT2D eigenvalue weighted by atomic mass is 32.2. The fourth-order valence-electron chi connectivity index (χ4n) is 2.69. The molecule has 0 aromatic rings. The molecule has 0 saturated heterocycles. The standard InChI is InChI=1S/C15H30O2S/c1-12(2)18-11-15(17)14(16)10-6-9-13-7-4-3-5-8-13/h12-17H,3-11H2,1-2H3/t14-,15+/m1/s1. The lowest BCUT2D eigenvalue weighted by molar-refractivity contribution is 0.0266. The van der Waals surface area contributed by atoms with Crippen LogP contribution in [-0.2, 0) is 0 Å². The van der Waals surface area contributed by atoms with Crippen molar-refractivity contribution in [3.05, 3.63) is 0 Å². The summed E-state index contributed by atoms with van der Waals surface area (Å²) in [6.07, 6.45) is 8.92. The molecule has 2 N–H and O–H groups in total. The maximum atomic E-state index is 9.90. The van der Waals surface area contributed by atoms with E-state index in [1.165, 1.54) is 38.5 Å². The molecule has 18 heavy (non-hydrogen) atoms.